The zero-order chi connectivity index (χ0) is 22.4. The number of carbonyl (C=O) groups excluding carboxylic acids is 1. The van der Waals surface area contributed by atoms with Crippen LogP contribution < -0.4 is 14.4 Å². The molecule has 0 saturated carbocycles. The number of ether oxygens (including phenoxy) is 1. The van der Waals surface area contributed by atoms with Crippen LogP contribution in [0, 0.1) is 0 Å². The molecule has 7 heteroatoms. The third-order valence-corrected chi connectivity index (χ3v) is 6.42. The molecular weight excluding hydrogens is 412 g/mol. The zero-order valence-electron chi connectivity index (χ0n) is 17.8. The maximum atomic E-state index is 13.0. The quantitative estimate of drug-likeness (QED) is 0.571. The number of hydrogen-bond donors (Lipinski definition) is 1. The van der Waals surface area contributed by atoms with Gasteiger partial charge in [-0.2, -0.15) is 0 Å². The Kier molecular flexibility index (Phi) is 6.97. The fourth-order valence-corrected chi connectivity index (χ4v) is 4.29. The third-order valence-electron chi connectivity index (χ3n) is 4.64. The number of para-hydroxylation sites is 1. The molecule has 0 aromatic heterocycles. The van der Waals surface area contributed by atoms with Crippen LogP contribution in [0.1, 0.15) is 29.8 Å². The molecule has 0 aliphatic carbocycles. The van der Waals surface area contributed by atoms with Crippen LogP contribution in [0.5, 0.6) is 5.75 Å². The van der Waals surface area contributed by atoms with Gasteiger partial charge >= 0.3 is 0 Å². The number of carbonyl (C=O) groups is 1. The smallest absolute Gasteiger partial charge is 0.264 e. The Balaban J connectivity index is 1.76. The Morgan fingerprint density at radius 3 is 2.19 bits per heavy atom. The molecule has 3 rings (SSSR count). The van der Waals surface area contributed by atoms with Gasteiger partial charge in [-0.15, -0.1) is 0 Å². The van der Waals surface area contributed by atoms with E-state index in [1.165, 1.54) is 19.2 Å². The van der Waals surface area contributed by atoms with Crippen LogP contribution in [0.4, 0.5) is 5.69 Å². The molecule has 0 atom stereocenters. The molecule has 162 valence electrons. The molecule has 0 aliphatic rings. The lowest BCUT2D eigenvalue weighted by atomic mass is 10.1. The molecule has 0 bridgehead atoms. The molecule has 0 saturated heterocycles. The van der Waals surface area contributed by atoms with Gasteiger partial charge in [-0.05, 0) is 55.8 Å². The van der Waals surface area contributed by atoms with Crippen molar-refractivity contribution in [2.24, 2.45) is 0 Å². The summed E-state index contributed by atoms with van der Waals surface area (Å²) in [6, 6.07) is 22.3. The lowest BCUT2D eigenvalue weighted by Gasteiger charge is -2.22. The molecule has 0 fully saturated rings. The summed E-state index contributed by atoms with van der Waals surface area (Å²) in [5.41, 5.74) is 1.50. The van der Waals surface area contributed by atoms with E-state index in [1.807, 2.05) is 38.1 Å². The minimum atomic E-state index is -3.79. The van der Waals surface area contributed by atoms with Gasteiger partial charge in [0.1, 0.15) is 5.75 Å². The largest absolute Gasteiger partial charge is 0.491 e. The average molecular weight is 439 g/mol. The number of rotatable bonds is 8. The zero-order valence-corrected chi connectivity index (χ0v) is 18.6. The minimum Gasteiger partial charge on any atom is -0.491 e. The van der Waals surface area contributed by atoms with Crippen LogP contribution in [-0.2, 0) is 16.6 Å². The maximum Gasteiger partial charge on any atom is 0.264 e. The van der Waals surface area contributed by atoms with Crippen molar-refractivity contribution >= 4 is 21.6 Å². The highest BCUT2D eigenvalue weighted by Crippen LogP contribution is 2.25. The highest BCUT2D eigenvalue weighted by Gasteiger charge is 2.24. The van der Waals surface area contributed by atoms with Crippen LogP contribution in [-0.4, -0.2) is 27.5 Å². The van der Waals surface area contributed by atoms with Gasteiger partial charge in [0.25, 0.3) is 15.9 Å². The van der Waals surface area contributed by atoms with Crippen LogP contribution in [0.2, 0.25) is 0 Å². The van der Waals surface area contributed by atoms with Gasteiger partial charge in [0, 0.05) is 13.6 Å². The predicted molar refractivity (Wildman–Crippen MR) is 122 cm³/mol. The minimum absolute atomic E-state index is 0.0891. The van der Waals surface area contributed by atoms with Crippen LogP contribution in [0.3, 0.4) is 0 Å². The number of hydrogen-bond acceptors (Lipinski definition) is 4. The number of sulfonamides is 1. The van der Waals surface area contributed by atoms with E-state index in [0.717, 1.165) is 15.6 Å². The van der Waals surface area contributed by atoms with Gasteiger partial charge in [0.15, 0.2) is 0 Å². The summed E-state index contributed by atoms with van der Waals surface area (Å²) >= 11 is 0. The SMILES string of the molecule is CC(C)Oc1ccc(CNC(=O)c2ccccc2N(C)S(=O)(=O)c2ccccc2)cc1. The van der Waals surface area contributed by atoms with Gasteiger partial charge in [-0.3, -0.25) is 9.10 Å². The third kappa shape index (κ3) is 5.44. The molecule has 0 spiro atoms. The first kappa shape index (κ1) is 22.4. The number of benzene rings is 3. The number of amides is 1. The number of nitrogens with one attached hydrogen (secondary N) is 1. The van der Waals surface area contributed by atoms with Crippen molar-refractivity contribution in [2.45, 2.75) is 31.4 Å². The highest BCUT2D eigenvalue weighted by molar-refractivity contribution is 7.92. The standard InChI is InChI=1S/C24H26N2O4S/c1-18(2)30-20-15-13-19(14-16-20)17-25-24(27)22-11-7-8-12-23(22)26(3)31(28,29)21-9-5-4-6-10-21/h4-16,18H,17H2,1-3H3,(H,25,27). The van der Waals surface area contributed by atoms with E-state index in [0.29, 0.717) is 12.2 Å². The van der Waals surface area contributed by atoms with Crippen molar-refractivity contribution in [3.63, 3.8) is 0 Å². The van der Waals surface area contributed by atoms with Crippen molar-refractivity contribution in [2.75, 3.05) is 11.4 Å². The molecule has 3 aromatic carbocycles. The predicted octanol–water partition coefficient (Wildman–Crippen LogP) is 4.23. The van der Waals surface area contributed by atoms with Crippen molar-refractivity contribution in [3.8, 4) is 5.75 Å². The van der Waals surface area contributed by atoms with Crippen molar-refractivity contribution in [1.29, 1.82) is 0 Å². The molecule has 0 aliphatic heterocycles. The number of anilines is 1. The second-order valence-corrected chi connectivity index (χ2v) is 9.27. The molecule has 3 aromatic rings. The van der Waals surface area contributed by atoms with Crippen molar-refractivity contribution in [3.05, 3.63) is 90.0 Å². The fourth-order valence-electron chi connectivity index (χ4n) is 3.06. The Bertz CT molecular complexity index is 1130. The van der Waals surface area contributed by atoms with Crippen molar-refractivity contribution < 1.29 is 17.9 Å². The topological polar surface area (TPSA) is 75.7 Å². The maximum absolute atomic E-state index is 13.0. The van der Waals surface area contributed by atoms with E-state index in [9.17, 15) is 13.2 Å². The molecule has 0 unspecified atom stereocenters. The highest BCUT2D eigenvalue weighted by atomic mass is 32.2. The van der Waals surface area contributed by atoms with Gasteiger partial charge in [-0.1, -0.05) is 42.5 Å². The Labute approximate surface area is 183 Å². The molecule has 6 nitrogen and oxygen atoms in total. The van der Waals surface area contributed by atoms with Crippen molar-refractivity contribution in [1.82, 2.24) is 5.32 Å². The van der Waals surface area contributed by atoms with Gasteiger partial charge in [0.05, 0.1) is 22.3 Å². The van der Waals surface area contributed by atoms with E-state index < -0.39 is 10.0 Å². The molecule has 0 heterocycles. The molecule has 31 heavy (non-hydrogen) atoms. The Morgan fingerprint density at radius 2 is 1.55 bits per heavy atom. The summed E-state index contributed by atoms with van der Waals surface area (Å²) in [5, 5.41) is 2.86. The molecule has 0 radical (unpaired) electrons. The second-order valence-electron chi connectivity index (χ2n) is 7.30. The van der Waals surface area contributed by atoms with E-state index >= 15 is 0 Å². The molecule has 1 amide bonds. The van der Waals surface area contributed by atoms with E-state index in [2.05, 4.69) is 5.32 Å². The number of nitrogens with zero attached hydrogens (tertiary/aromatic N) is 1. The lowest BCUT2D eigenvalue weighted by Crippen LogP contribution is -2.30. The van der Waals surface area contributed by atoms with Crippen LogP contribution >= 0.6 is 0 Å². The Morgan fingerprint density at radius 1 is 0.935 bits per heavy atom. The van der Waals surface area contributed by atoms with E-state index in [4.69, 9.17) is 4.74 Å². The van der Waals surface area contributed by atoms with E-state index in [1.54, 1.807) is 42.5 Å². The summed E-state index contributed by atoms with van der Waals surface area (Å²) in [4.78, 5) is 13.0. The van der Waals surface area contributed by atoms with Crippen LogP contribution in [0.25, 0.3) is 0 Å². The fraction of sp³-hybridized carbons (Fsp3) is 0.208. The van der Waals surface area contributed by atoms with Gasteiger partial charge in [0.2, 0.25) is 0 Å². The monoisotopic (exact) mass is 438 g/mol. The van der Waals surface area contributed by atoms with Gasteiger partial charge in [-0.25, -0.2) is 8.42 Å². The molecular formula is C24H26N2O4S. The Hall–Kier alpha value is -3.32. The summed E-state index contributed by atoms with van der Waals surface area (Å²) in [5.74, 6) is 0.413. The average Bonchev–Trinajstić information content (AvgIpc) is 2.78. The molecule has 1 N–H and O–H groups in total. The first-order valence-electron chi connectivity index (χ1n) is 9.96. The summed E-state index contributed by atoms with van der Waals surface area (Å²) in [6.45, 7) is 4.23. The first-order valence-corrected chi connectivity index (χ1v) is 11.4. The summed E-state index contributed by atoms with van der Waals surface area (Å²) in [6.07, 6.45) is 0.0891. The first-order chi connectivity index (χ1) is 14.8. The normalized spacial score (nSPS) is 11.2. The van der Waals surface area contributed by atoms with Crippen LogP contribution in [0.15, 0.2) is 83.8 Å². The summed E-state index contributed by atoms with van der Waals surface area (Å²) in [7, 11) is -2.34. The lowest BCUT2D eigenvalue weighted by molar-refractivity contribution is 0.0951. The summed E-state index contributed by atoms with van der Waals surface area (Å²) < 4.78 is 32.7. The second kappa shape index (κ2) is 9.66. The van der Waals surface area contributed by atoms with E-state index in [-0.39, 0.29) is 22.5 Å². The van der Waals surface area contributed by atoms with Gasteiger partial charge < -0.3 is 10.1 Å².